The first kappa shape index (κ1) is 18.2. The van der Waals surface area contributed by atoms with Gasteiger partial charge in [-0.15, -0.1) is 0 Å². The van der Waals surface area contributed by atoms with Gasteiger partial charge in [-0.3, -0.25) is 4.99 Å². The van der Waals surface area contributed by atoms with Gasteiger partial charge in [-0.05, 0) is 51.6 Å². The molecule has 5 nitrogen and oxygen atoms in total. The van der Waals surface area contributed by atoms with E-state index in [1.807, 2.05) is 7.05 Å². The summed E-state index contributed by atoms with van der Waals surface area (Å²) in [5, 5.41) is 6.69. The van der Waals surface area contributed by atoms with Crippen LogP contribution < -0.4 is 10.6 Å². The summed E-state index contributed by atoms with van der Waals surface area (Å²) in [6, 6.07) is 0.274. The average Bonchev–Trinajstić information content (AvgIpc) is 2.46. The Morgan fingerprint density at radius 3 is 2.90 bits per heavy atom. The number of rotatable bonds is 8. The number of piperidine rings is 1. The predicted molar refractivity (Wildman–Crippen MR) is 89.9 cm³/mol. The quantitative estimate of drug-likeness (QED) is 0.407. The Hall–Kier alpha value is -0.810. The van der Waals surface area contributed by atoms with E-state index in [0.29, 0.717) is 6.61 Å². The molecule has 0 amide bonds. The van der Waals surface area contributed by atoms with Crippen molar-refractivity contribution in [2.75, 3.05) is 46.9 Å². The molecule has 2 N–H and O–H groups in total. The summed E-state index contributed by atoms with van der Waals surface area (Å²) in [4.78, 5) is 6.85. The van der Waals surface area contributed by atoms with E-state index in [4.69, 9.17) is 4.74 Å². The van der Waals surface area contributed by atoms with Crippen LogP contribution in [0.4, 0.5) is 0 Å². The van der Waals surface area contributed by atoms with E-state index in [2.05, 4.69) is 34.4 Å². The maximum atomic E-state index is 5.12. The number of unbranched alkanes of at least 4 members (excludes halogenated alkanes) is 1. The molecule has 1 aliphatic rings. The highest BCUT2D eigenvalue weighted by molar-refractivity contribution is 5.79. The molecule has 1 saturated heterocycles. The minimum atomic E-state index is 0.274. The molecule has 21 heavy (non-hydrogen) atoms. The first-order chi connectivity index (χ1) is 10.2. The summed E-state index contributed by atoms with van der Waals surface area (Å²) in [6.07, 6.45) is 5.21. The van der Waals surface area contributed by atoms with Gasteiger partial charge >= 0.3 is 0 Å². The molecule has 2 atom stereocenters. The smallest absolute Gasteiger partial charge is 0.191 e. The fourth-order valence-electron chi connectivity index (χ4n) is 2.88. The topological polar surface area (TPSA) is 48.9 Å². The highest BCUT2D eigenvalue weighted by atomic mass is 16.5. The van der Waals surface area contributed by atoms with E-state index in [1.54, 1.807) is 7.11 Å². The maximum absolute atomic E-state index is 5.12. The van der Waals surface area contributed by atoms with Crippen LogP contribution in [0.3, 0.4) is 0 Å². The summed E-state index contributed by atoms with van der Waals surface area (Å²) in [5.41, 5.74) is 0. The second kappa shape index (κ2) is 10.9. The fraction of sp³-hybridized carbons (Fsp3) is 0.938. The molecule has 0 radical (unpaired) electrons. The van der Waals surface area contributed by atoms with Crippen molar-refractivity contribution in [1.29, 1.82) is 0 Å². The van der Waals surface area contributed by atoms with E-state index < -0.39 is 0 Å². The molecule has 0 aliphatic carbocycles. The molecule has 1 aliphatic heterocycles. The van der Waals surface area contributed by atoms with Crippen molar-refractivity contribution >= 4 is 5.96 Å². The van der Waals surface area contributed by atoms with Crippen molar-refractivity contribution in [3.8, 4) is 0 Å². The second-order valence-corrected chi connectivity index (χ2v) is 6.25. The monoisotopic (exact) mass is 298 g/mol. The number of aliphatic imine (C=N–C) groups is 1. The maximum Gasteiger partial charge on any atom is 0.191 e. The van der Waals surface area contributed by atoms with Gasteiger partial charge in [0.05, 0.1) is 6.61 Å². The summed E-state index contributed by atoms with van der Waals surface area (Å²) < 4.78 is 5.12. The van der Waals surface area contributed by atoms with Crippen LogP contribution in [0.15, 0.2) is 4.99 Å². The lowest BCUT2D eigenvalue weighted by atomic mass is 10.0. The van der Waals surface area contributed by atoms with Crippen molar-refractivity contribution in [1.82, 2.24) is 15.5 Å². The Morgan fingerprint density at radius 2 is 2.24 bits per heavy atom. The summed E-state index contributed by atoms with van der Waals surface area (Å²) in [7, 11) is 3.53. The molecule has 0 bridgehead atoms. The SMILES string of the molecule is CN=C(NCCCCN1CCCC(C)C1)NC(C)COC. The van der Waals surface area contributed by atoms with E-state index in [9.17, 15) is 0 Å². The number of methoxy groups -OCH3 is 1. The van der Waals surface area contributed by atoms with Crippen molar-refractivity contribution in [2.45, 2.75) is 45.6 Å². The van der Waals surface area contributed by atoms with E-state index >= 15 is 0 Å². The molecule has 0 aromatic rings. The highest BCUT2D eigenvalue weighted by Gasteiger charge is 2.15. The molecule has 1 heterocycles. The number of ether oxygens (including phenoxy) is 1. The van der Waals surface area contributed by atoms with Crippen LogP contribution in [0.2, 0.25) is 0 Å². The Balaban J connectivity index is 2.06. The molecule has 1 fully saturated rings. The Labute approximate surface area is 130 Å². The lowest BCUT2D eigenvalue weighted by molar-refractivity contribution is 0.178. The molecule has 0 aromatic carbocycles. The van der Waals surface area contributed by atoms with Crippen molar-refractivity contribution < 1.29 is 4.74 Å². The molecule has 0 saturated carbocycles. The number of hydrogen-bond acceptors (Lipinski definition) is 3. The summed E-state index contributed by atoms with van der Waals surface area (Å²) in [6.45, 7) is 9.92. The lowest BCUT2D eigenvalue weighted by Crippen LogP contribution is -2.44. The zero-order chi connectivity index (χ0) is 15.5. The molecular formula is C16H34N4O. The van der Waals surface area contributed by atoms with E-state index in [-0.39, 0.29) is 6.04 Å². The third kappa shape index (κ3) is 8.27. The van der Waals surface area contributed by atoms with Gasteiger partial charge in [0.2, 0.25) is 0 Å². The molecule has 0 aromatic heterocycles. The molecule has 5 heteroatoms. The normalized spacial score (nSPS) is 22.1. The number of hydrogen-bond donors (Lipinski definition) is 2. The largest absolute Gasteiger partial charge is 0.383 e. The number of nitrogens with zero attached hydrogens (tertiary/aromatic N) is 2. The molecule has 2 unspecified atom stereocenters. The van der Waals surface area contributed by atoms with Crippen LogP contribution in [-0.2, 0) is 4.74 Å². The Bertz CT molecular complexity index is 296. The van der Waals surface area contributed by atoms with Crippen LogP contribution in [0.25, 0.3) is 0 Å². The van der Waals surface area contributed by atoms with Gasteiger partial charge in [0.15, 0.2) is 5.96 Å². The van der Waals surface area contributed by atoms with Gasteiger partial charge in [0.25, 0.3) is 0 Å². The Kier molecular flexibility index (Phi) is 9.42. The van der Waals surface area contributed by atoms with E-state index in [0.717, 1.165) is 18.4 Å². The van der Waals surface area contributed by atoms with E-state index in [1.165, 1.54) is 45.3 Å². The number of guanidine groups is 1. The molecular weight excluding hydrogens is 264 g/mol. The van der Waals surface area contributed by atoms with Crippen LogP contribution in [-0.4, -0.2) is 63.8 Å². The van der Waals surface area contributed by atoms with Gasteiger partial charge in [-0.1, -0.05) is 6.92 Å². The van der Waals surface area contributed by atoms with Crippen LogP contribution >= 0.6 is 0 Å². The van der Waals surface area contributed by atoms with Gasteiger partial charge in [-0.25, -0.2) is 0 Å². The lowest BCUT2D eigenvalue weighted by Gasteiger charge is -2.30. The Morgan fingerprint density at radius 1 is 1.43 bits per heavy atom. The standard InChI is InChI=1S/C16H34N4O/c1-14-8-7-11-20(12-14)10-6-5-9-18-16(17-3)19-15(2)13-21-4/h14-15H,5-13H2,1-4H3,(H2,17,18,19). The number of likely N-dealkylation sites (tertiary alicyclic amines) is 1. The van der Waals surface area contributed by atoms with Crippen LogP contribution in [0.1, 0.15) is 39.5 Å². The molecule has 0 spiro atoms. The third-order valence-electron chi connectivity index (χ3n) is 3.96. The zero-order valence-electron chi connectivity index (χ0n) is 14.3. The minimum absolute atomic E-state index is 0.274. The van der Waals surface area contributed by atoms with Crippen molar-refractivity contribution in [3.05, 3.63) is 0 Å². The first-order valence-corrected chi connectivity index (χ1v) is 8.34. The molecule has 1 rings (SSSR count). The first-order valence-electron chi connectivity index (χ1n) is 8.34. The predicted octanol–water partition coefficient (Wildman–Crippen LogP) is 1.70. The fourth-order valence-corrected chi connectivity index (χ4v) is 2.88. The third-order valence-corrected chi connectivity index (χ3v) is 3.96. The average molecular weight is 298 g/mol. The minimum Gasteiger partial charge on any atom is -0.383 e. The van der Waals surface area contributed by atoms with Crippen molar-refractivity contribution in [2.24, 2.45) is 10.9 Å². The van der Waals surface area contributed by atoms with Gasteiger partial charge in [0, 0.05) is 33.3 Å². The van der Waals surface area contributed by atoms with Gasteiger partial charge in [-0.2, -0.15) is 0 Å². The zero-order valence-corrected chi connectivity index (χ0v) is 14.3. The number of nitrogens with one attached hydrogen (secondary N) is 2. The van der Waals surface area contributed by atoms with Crippen LogP contribution in [0.5, 0.6) is 0 Å². The van der Waals surface area contributed by atoms with Gasteiger partial charge in [0.1, 0.15) is 0 Å². The second-order valence-electron chi connectivity index (χ2n) is 6.25. The van der Waals surface area contributed by atoms with Crippen molar-refractivity contribution in [3.63, 3.8) is 0 Å². The summed E-state index contributed by atoms with van der Waals surface area (Å²) >= 11 is 0. The van der Waals surface area contributed by atoms with Gasteiger partial charge < -0.3 is 20.3 Å². The molecule has 124 valence electrons. The highest BCUT2D eigenvalue weighted by Crippen LogP contribution is 2.15. The summed E-state index contributed by atoms with van der Waals surface area (Å²) in [5.74, 6) is 1.74. The van der Waals surface area contributed by atoms with Crippen LogP contribution in [0, 0.1) is 5.92 Å².